The number of hydrogen-bond donors (Lipinski definition) is 1. The maximum Gasteiger partial charge on any atom is 0.261 e. The molecule has 0 radical (unpaired) electrons. The summed E-state index contributed by atoms with van der Waals surface area (Å²) >= 11 is 3.47. The van der Waals surface area contributed by atoms with Crippen molar-refractivity contribution in [3.8, 4) is 11.5 Å². The lowest BCUT2D eigenvalue weighted by atomic mass is 10.1. The number of hydrogen-bond acceptors (Lipinski definition) is 4. The van der Waals surface area contributed by atoms with Crippen LogP contribution in [0.1, 0.15) is 44.7 Å². The molecule has 0 aliphatic carbocycles. The van der Waals surface area contributed by atoms with Crippen LogP contribution < -0.4 is 14.8 Å². The van der Waals surface area contributed by atoms with Crippen LogP contribution in [-0.2, 0) is 16.1 Å². The van der Waals surface area contributed by atoms with E-state index in [1.54, 1.807) is 12.0 Å². The van der Waals surface area contributed by atoms with Gasteiger partial charge in [0.25, 0.3) is 5.91 Å². The van der Waals surface area contributed by atoms with Crippen molar-refractivity contribution in [3.05, 3.63) is 58.1 Å². The van der Waals surface area contributed by atoms with Gasteiger partial charge in [-0.25, -0.2) is 0 Å². The standard InChI is InChI=1S/C25H33BrN2O4/c1-6-18(4)27-25(30)23(7-2)28(15-19-9-8-10-20(14-19)31-5)24(29)16-32-21-11-12-22(26)17(3)13-21/h8-14,18,23H,6-7,15-16H2,1-5H3,(H,27,30). The number of nitrogens with one attached hydrogen (secondary N) is 1. The van der Waals surface area contributed by atoms with Crippen LogP contribution in [0.5, 0.6) is 11.5 Å². The molecular weight excluding hydrogens is 472 g/mol. The largest absolute Gasteiger partial charge is 0.497 e. The molecule has 1 N–H and O–H groups in total. The molecule has 174 valence electrons. The normalized spacial score (nSPS) is 12.6. The summed E-state index contributed by atoms with van der Waals surface area (Å²) in [6.07, 6.45) is 1.31. The number of amides is 2. The van der Waals surface area contributed by atoms with E-state index in [-0.39, 0.29) is 31.0 Å². The van der Waals surface area contributed by atoms with Gasteiger partial charge in [0.15, 0.2) is 6.61 Å². The molecule has 32 heavy (non-hydrogen) atoms. The Morgan fingerprint density at radius 1 is 1.09 bits per heavy atom. The molecule has 0 aliphatic rings. The van der Waals surface area contributed by atoms with E-state index in [0.29, 0.717) is 17.9 Å². The van der Waals surface area contributed by atoms with Crippen LogP contribution in [0.3, 0.4) is 0 Å². The average Bonchev–Trinajstić information content (AvgIpc) is 2.79. The Labute approximate surface area is 199 Å². The van der Waals surface area contributed by atoms with Crippen LogP contribution in [0.15, 0.2) is 46.9 Å². The molecule has 2 rings (SSSR count). The molecule has 2 unspecified atom stereocenters. The number of rotatable bonds is 11. The Kier molecular flexibility index (Phi) is 10.0. The minimum Gasteiger partial charge on any atom is -0.497 e. The quantitative estimate of drug-likeness (QED) is 0.474. The van der Waals surface area contributed by atoms with Crippen molar-refractivity contribution in [1.82, 2.24) is 10.2 Å². The number of nitrogens with zero attached hydrogens (tertiary/aromatic N) is 1. The highest BCUT2D eigenvalue weighted by molar-refractivity contribution is 9.10. The van der Waals surface area contributed by atoms with Gasteiger partial charge in [0.1, 0.15) is 17.5 Å². The highest BCUT2D eigenvalue weighted by Gasteiger charge is 2.29. The van der Waals surface area contributed by atoms with Crippen LogP contribution in [0.25, 0.3) is 0 Å². The summed E-state index contributed by atoms with van der Waals surface area (Å²) in [5.74, 6) is 0.906. The fourth-order valence-electron chi connectivity index (χ4n) is 3.26. The lowest BCUT2D eigenvalue weighted by Crippen LogP contribution is -2.51. The van der Waals surface area contributed by atoms with Crippen LogP contribution in [0.4, 0.5) is 0 Å². The molecule has 2 amide bonds. The summed E-state index contributed by atoms with van der Waals surface area (Å²) in [6.45, 7) is 7.96. The zero-order valence-electron chi connectivity index (χ0n) is 19.5. The zero-order valence-corrected chi connectivity index (χ0v) is 21.1. The molecule has 0 saturated carbocycles. The van der Waals surface area contributed by atoms with Crippen LogP contribution in [0.2, 0.25) is 0 Å². The number of benzene rings is 2. The Bertz CT molecular complexity index is 919. The first-order valence-electron chi connectivity index (χ1n) is 10.9. The van der Waals surface area contributed by atoms with Gasteiger partial charge in [-0.1, -0.05) is 41.9 Å². The molecule has 0 saturated heterocycles. The number of methoxy groups -OCH3 is 1. The molecule has 0 spiro atoms. The number of halogens is 1. The van der Waals surface area contributed by atoms with Crippen molar-refractivity contribution >= 4 is 27.7 Å². The van der Waals surface area contributed by atoms with Gasteiger partial charge in [0.05, 0.1) is 7.11 Å². The molecule has 7 heteroatoms. The van der Waals surface area contributed by atoms with Gasteiger partial charge in [0, 0.05) is 17.1 Å². The Morgan fingerprint density at radius 2 is 1.84 bits per heavy atom. The van der Waals surface area contributed by atoms with Crippen molar-refractivity contribution in [2.45, 2.75) is 59.2 Å². The van der Waals surface area contributed by atoms with Gasteiger partial charge in [-0.05, 0) is 68.1 Å². The summed E-state index contributed by atoms with van der Waals surface area (Å²) in [5.41, 5.74) is 1.90. The minimum atomic E-state index is -0.599. The Hall–Kier alpha value is -2.54. The number of ether oxygens (including phenoxy) is 2. The van der Waals surface area contributed by atoms with E-state index in [4.69, 9.17) is 9.47 Å². The molecular formula is C25H33BrN2O4. The lowest BCUT2D eigenvalue weighted by molar-refractivity contribution is -0.143. The fraction of sp³-hybridized carbons (Fsp3) is 0.440. The van der Waals surface area contributed by atoms with Gasteiger partial charge in [-0.3, -0.25) is 9.59 Å². The molecule has 0 aliphatic heterocycles. The number of carbonyl (C=O) groups excluding carboxylic acids is 2. The van der Waals surface area contributed by atoms with Gasteiger partial charge >= 0.3 is 0 Å². The van der Waals surface area contributed by atoms with Crippen LogP contribution in [0, 0.1) is 6.92 Å². The van der Waals surface area contributed by atoms with Gasteiger partial charge in [-0.2, -0.15) is 0 Å². The second-order valence-corrected chi connectivity index (χ2v) is 8.67. The van der Waals surface area contributed by atoms with E-state index >= 15 is 0 Å². The first-order valence-corrected chi connectivity index (χ1v) is 11.7. The second-order valence-electron chi connectivity index (χ2n) is 7.81. The molecule has 2 atom stereocenters. The summed E-state index contributed by atoms with van der Waals surface area (Å²) in [6, 6.07) is 12.5. The highest BCUT2D eigenvalue weighted by atomic mass is 79.9. The highest BCUT2D eigenvalue weighted by Crippen LogP contribution is 2.22. The zero-order chi connectivity index (χ0) is 23.7. The lowest BCUT2D eigenvalue weighted by Gasteiger charge is -2.31. The summed E-state index contributed by atoms with van der Waals surface area (Å²) < 4.78 is 12.1. The second kappa shape index (κ2) is 12.5. The predicted molar refractivity (Wildman–Crippen MR) is 130 cm³/mol. The maximum absolute atomic E-state index is 13.3. The van der Waals surface area contributed by atoms with Crippen molar-refractivity contribution in [2.75, 3.05) is 13.7 Å². The van der Waals surface area contributed by atoms with E-state index in [1.807, 2.05) is 70.2 Å². The van der Waals surface area contributed by atoms with Crippen molar-refractivity contribution < 1.29 is 19.1 Å². The average molecular weight is 505 g/mol. The minimum absolute atomic E-state index is 0.0345. The van der Waals surface area contributed by atoms with Crippen LogP contribution >= 0.6 is 15.9 Å². The van der Waals surface area contributed by atoms with Crippen molar-refractivity contribution in [1.29, 1.82) is 0 Å². The van der Waals surface area contributed by atoms with E-state index in [0.717, 1.165) is 22.0 Å². The van der Waals surface area contributed by atoms with Gasteiger partial charge in [-0.15, -0.1) is 0 Å². The first-order chi connectivity index (χ1) is 15.3. The monoisotopic (exact) mass is 504 g/mol. The molecule has 2 aromatic carbocycles. The molecule has 6 nitrogen and oxygen atoms in total. The molecule has 0 heterocycles. The predicted octanol–water partition coefficient (Wildman–Crippen LogP) is 4.87. The topological polar surface area (TPSA) is 67.9 Å². The molecule has 2 aromatic rings. The van der Waals surface area contributed by atoms with E-state index in [1.165, 1.54) is 0 Å². The fourth-order valence-corrected chi connectivity index (χ4v) is 3.51. The number of carbonyl (C=O) groups is 2. The van der Waals surface area contributed by atoms with Gasteiger partial charge in [0.2, 0.25) is 5.91 Å². The van der Waals surface area contributed by atoms with E-state index < -0.39 is 6.04 Å². The summed E-state index contributed by atoms with van der Waals surface area (Å²) in [5, 5.41) is 3.01. The third-order valence-electron chi connectivity index (χ3n) is 5.37. The first kappa shape index (κ1) is 25.7. The maximum atomic E-state index is 13.3. The molecule has 0 fully saturated rings. The molecule has 0 aromatic heterocycles. The third-order valence-corrected chi connectivity index (χ3v) is 6.26. The smallest absolute Gasteiger partial charge is 0.261 e. The number of aryl methyl sites for hydroxylation is 1. The van der Waals surface area contributed by atoms with Crippen LogP contribution in [-0.4, -0.2) is 42.5 Å². The molecule has 0 bridgehead atoms. The van der Waals surface area contributed by atoms with E-state index in [2.05, 4.69) is 21.2 Å². The van der Waals surface area contributed by atoms with E-state index in [9.17, 15) is 9.59 Å². The summed E-state index contributed by atoms with van der Waals surface area (Å²) in [7, 11) is 1.60. The third kappa shape index (κ3) is 7.26. The van der Waals surface area contributed by atoms with Gasteiger partial charge < -0.3 is 19.7 Å². The SMILES string of the molecule is CCC(C)NC(=O)C(CC)N(Cc1cccc(OC)c1)C(=O)COc1ccc(Br)c(C)c1. The Balaban J connectivity index is 2.24. The van der Waals surface area contributed by atoms with Crippen molar-refractivity contribution in [3.63, 3.8) is 0 Å². The summed E-state index contributed by atoms with van der Waals surface area (Å²) in [4.78, 5) is 27.8. The van der Waals surface area contributed by atoms with Crippen molar-refractivity contribution in [2.24, 2.45) is 0 Å². The Morgan fingerprint density at radius 3 is 2.47 bits per heavy atom.